The fraction of sp³-hybridized carbons (Fsp3) is 0.625. The lowest BCUT2D eigenvalue weighted by atomic mass is 9.84. The van der Waals surface area contributed by atoms with Crippen LogP contribution in [0.15, 0.2) is 22.7 Å². The maximum atomic E-state index is 6.46. The van der Waals surface area contributed by atoms with Crippen LogP contribution in [-0.4, -0.2) is 25.2 Å². The lowest BCUT2D eigenvalue weighted by molar-refractivity contribution is 0.234. The van der Waals surface area contributed by atoms with E-state index in [4.69, 9.17) is 11.6 Å². The minimum Gasteiger partial charge on any atom is -0.364 e. The normalized spacial score (nSPS) is 24.0. The standard InChI is InChI=1S/C16H24BrClN2/c1-5-12-9-19-15(16(2,3)4)10-20(12)14-7-6-11(17)8-13(14)18/h6-8,12,15,19H,5,9-10H2,1-4H3. The highest BCUT2D eigenvalue weighted by Crippen LogP contribution is 2.34. The van der Waals surface area contributed by atoms with Crippen LogP contribution in [0.1, 0.15) is 34.1 Å². The third-order valence-electron chi connectivity index (χ3n) is 4.16. The van der Waals surface area contributed by atoms with E-state index in [9.17, 15) is 0 Å². The van der Waals surface area contributed by atoms with E-state index in [1.54, 1.807) is 0 Å². The molecule has 112 valence electrons. The van der Waals surface area contributed by atoms with Gasteiger partial charge in [-0.25, -0.2) is 0 Å². The number of hydrogen-bond donors (Lipinski definition) is 1. The van der Waals surface area contributed by atoms with E-state index >= 15 is 0 Å². The summed E-state index contributed by atoms with van der Waals surface area (Å²) in [4.78, 5) is 2.47. The lowest BCUT2D eigenvalue weighted by Gasteiger charge is -2.46. The van der Waals surface area contributed by atoms with Gasteiger partial charge < -0.3 is 10.2 Å². The van der Waals surface area contributed by atoms with E-state index < -0.39 is 0 Å². The topological polar surface area (TPSA) is 15.3 Å². The van der Waals surface area contributed by atoms with Gasteiger partial charge in [-0.3, -0.25) is 0 Å². The Morgan fingerprint density at radius 3 is 2.65 bits per heavy atom. The second-order valence-corrected chi connectivity index (χ2v) is 7.96. The summed E-state index contributed by atoms with van der Waals surface area (Å²) in [5, 5.41) is 4.52. The number of piperazine rings is 1. The first-order chi connectivity index (χ1) is 9.32. The van der Waals surface area contributed by atoms with Crippen molar-refractivity contribution in [2.24, 2.45) is 5.41 Å². The molecule has 1 saturated heterocycles. The summed E-state index contributed by atoms with van der Waals surface area (Å²) in [5.74, 6) is 0. The Kier molecular flexibility index (Phi) is 5.04. The van der Waals surface area contributed by atoms with Crippen molar-refractivity contribution in [2.45, 2.75) is 46.2 Å². The van der Waals surface area contributed by atoms with Crippen molar-refractivity contribution in [3.05, 3.63) is 27.7 Å². The third kappa shape index (κ3) is 3.49. The minimum absolute atomic E-state index is 0.249. The summed E-state index contributed by atoms with van der Waals surface area (Å²) >= 11 is 9.94. The first kappa shape index (κ1) is 16.1. The van der Waals surface area contributed by atoms with Gasteiger partial charge in [0.05, 0.1) is 10.7 Å². The molecule has 2 unspecified atom stereocenters. The third-order valence-corrected chi connectivity index (χ3v) is 4.95. The Hall–Kier alpha value is -0.250. The van der Waals surface area contributed by atoms with Crippen LogP contribution in [0.2, 0.25) is 5.02 Å². The first-order valence-electron chi connectivity index (χ1n) is 7.28. The molecule has 4 heteroatoms. The van der Waals surface area contributed by atoms with Gasteiger partial charge >= 0.3 is 0 Å². The van der Waals surface area contributed by atoms with Crippen LogP contribution >= 0.6 is 27.5 Å². The average Bonchev–Trinajstić information content (AvgIpc) is 2.37. The molecule has 20 heavy (non-hydrogen) atoms. The van der Waals surface area contributed by atoms with E-state index in [1.165, 1.54) is 0 Å². The number of nitrogens with one attached hydrogen (secondary N) is 1. The molecule has 0 radical (unpaired) electrons. The van der Waals surface area contributed by atoms with E-state index in [2.05, 4.69) is 66.0 Å². The zero-order valence-electron chi connectivity index (χ0n) is 12.7. The molecule has 1 aromatic carbocycles. The summed E-state index contributed by atoms with van der Waals surface area (Å²) in [6, 6.07) is 7.16. The van der Waals surface area contributed by atoms with Crippen molar-refractivity contribution < 1.29 is 0 Å². The largest absolute Gasteiger partial charge is 0.364 e. The van der Waals surface area contributed by atoms with Crippen LogP contribution in [0.25, 0.3) is 0 Å². The Labute approximate surface area is 136 Å². The number of rotatable bonds is 2. The van der Waals surface area contributed by atoms with Gasteiger partial charge in [0, 0.05) is 29.6 Å². The maximum Gasteiger partial charge on any atom is 0.0650 e. The van der Waals surface area contributed by atoms with E-state index in [0.717, 1.165) is 34.7 Å². The highest BCUT2D eigenvalue weighted by molar-refractivity contribution is 9.10. The van der Waals surface area contributed by atoms with Gasteiger partial charge in [-0.05, 0) is 30.0 Å². The first-order valence-corrected chi connectivity index (χ1v) is 8.45. The molecule has 1 aliphatic heterocycles. The predicted molar refractivity (Wildman–Crippen MR) is 91.8 cm³/mol. The monoisotopic (exact) mass is 358 g/mol. The van der Waals surface area contributed by atoms with Crippen LogP contribution in [0.4, 0.5) is 5.69 Å². The fourth-order valence-electron chi connectivity index (χ4n) is 2.75. The molecule has 1 aromatic rings. The molecule has 1 heterocycles. The molecule has 0 saturated carbocycles. The van der Waals surface area contributed by atoms with Gasteiger partial charge in [-0.1, -0.05) is 55.2 Å². The summed E-state index contributed by atoms with van der Waals surface area (Å²) in [6.45, 7) is 11.1. The van der Waals surface area contributed by atoms with E-state index in [0.29, 0.717) is 12.1 Å². The highest BCUT2D eigenvalue weighted by atomic mass is 79.9. The molecule has 0 bridgehead atoms. The van der Waals surface area contributed by atoms with Gasteiger partial charge in [-0.15, -0.1) is 0 Å². The summed E-state index contributed by atoms with van der Waals surface area (Å²) in [6.07, 6.45) is 1.12. The molecule has 0 aromatic heterocycles. The zero-order valence-corrected chi connectivity index (χ0v) is 15.1. The molecule has 2 atom stereocenters. The molecule has 1 fully saturated rings. The van der Waals surface area contributed by atoms with E-state index in [-0.39, 0.29) is 5.41 Å². The van der Waals surface area contributed by atoms with Gasteiger partial charge in [0.1, 0.15) is 0 Å². The van der Waals surface area contributed by atoms with Crippen LogP contribution in [0.3, 0.4) is 0 Å². The summed E-state index contributed by atoms with van der Waals surface area (Å²) < 4.78 is 1.03. The van der Waals surface area contributed by atoms with Crippen LogP contribution in [-0.2, 0) is 0 Å². The smallest absolute Gasteiger partial charge is 0.0650 e. The predicted octanol–water partition coefficient (Wildman–Crippen LogP) is 4.71. The Bertz CT molecular complexity index is 470. The Morgan fingerprint density at radius 2 is 2.10 bits per heavy atom. The molecular weight excluding hydrogens is 336 g/mol. The molecule has 0 amide bonds. The molecule has 1 N–H and O–H groups in total. The SMILES string of the molecule is CCC1CNC(C(C)(C)C)CN1c1ccc(Br)cc1Cl. The van der Waals surface area contributed by atoms with Crippen LogP contribution < -0.4 is 10.2 Å². The Balaban J connectivity index is 2.29. The number of nitrogens with zero attached hydrogens (tertiary/aromatic N) is 1. The molecule has 1 aliphatic rings. The van der Waals surface area contributed by atoms with Crippen molar-refractivity contribution in [1.29, 1.82) is 0 Å². The minimum atomic E-state index is 0.249. The van der Waals surface area contributed by atoms with E-state index in [1.807, 2.05) is 6.07 Å². The molecule has 0 spiro atoms. The second kappa shape index (κ2) is 6.25. The van der Waals surface area contributed by atoms with Crippen molar-refractivity contribution in [1.82, 2.24) is 5.32 Å². The quantitative estimate of drug-likeness (QED) is 0.823. The molecule has 0 aliphatic carbocycles. The lowest BCUT2D eigenvalue weighted by Crippen LogP contribution is -2.60. The van der Waals surface area contributed by atoms with Crippen molar-refractivity contribution >= 4 is 33.2 Å². The highest BCUT2D eigenvalue weighted by Gasteiger charge is 2.34. The number of benzene rings is 1. The van der Waals surface area contributed by atoms with Crippen LogP contribution in [0, 0.1) is 5.41 Å². The number of hydrogen-bond acceptors (Lipinski definition) is 2. The second-order valence-electron chi connectivity index (χ2n) is 6.64. The van der Waals surface area contributed by atoms with Gasteiger partial charge in [0.2, 0.25) is 0 Å². The van der Waals surface area contributed by atoms with Gasteiger partial charge in [0.25, 0.3) is 0 Å². The number of halogens is 2. The zero-order chi connectivity index (χ0) is 14.9. The Morgan fingerprint density at radius 1 is 1.40 bits per heavy atom. The summed E-state index contributed by atoms with van der Waals surface area (Å²) in [7, 11) is 0. The fourth-order valence-corrected chi connectivity index (χ4v) is 3.53. The van der Waals surface area contributed by atoms with Crippen molar-refractivity contribution in [3.63, 3.8) is 0 Å². The van der Waals surface area contributed by atoms with Gasteiger partial charge in [-0.2, -0.15) is 0 Å². The molecular formula is C16H24BrClN2. The maximum absolute atomic E-state index is 6.46. The molecule has 2 rings (SSSR count). The van der Waals surface area contributed by atoms with Crippen molar-refractivity contribution in [2.75, 3.05) is 18.0 Å². The van der Waals surface area contributed by atoms with Crippen LogP contribution in [0.5, 0.6) is 0 Å². The average molecular weight is 360 g/mol. The van der Waals surface area contributed by atoms with Crippen molar-refractivity contribution in [3.8, 4) is 0 Å². The van der Waals surface area contributed by atoms with Gasteiger partial charge in [0.15, 0.2) is 0 Å². The number of anilines is 1. The molecule has 2 nitrogen and oxygen atoms in total. The summed E-state index contributed by atoms with van der Waals surface area (Å²) in [5.41, 5.74) is 1.40.